The molecular weight excluding hydrogens is 409 g/mol. The van der Waals surface area contributed by atoms with Crippen LogP contribution in [-0.2, 0) is 28.7 Å². The fourth-order valence-electron chi connectivity index (χ4n) is 3.77. The Morgan fingerprint density at radius 3 is 2.65 bits per heavy atom. The highest BCUT2D eigenvalue weighted by molar-refractivity contribution is 5.90. The number of aryl methyl sites for hydroxylation is 2. The summed E-state index contributed by atoms with van der Waals surface area (Å²) < 4.78 is 44.3. The number of carbonyl (C=O) groups excluding carboxylic acids is 2. The zero-order valence-corrected chi connectivity index (χ0v) is 17.2. The van der Waals surface area contributed by atoms with E-state index in [0.29, 0.717) is 12.0 Å². The van der Waals surface area contributed by atoms with Crippen LogP contribution in [0.2, 0.25) is 0 Å². The lowest BCUT2D eigenvalue weighted by atomic mass is 10.0. The number of amides is 2. The van der Waals surface area contributed by atoms with Crippen molar-refractivity contribution in [3.05, 3.63) is 75.9 Å². The van der Waals surface area contributed by atoms with Gasteiger partial charge in [0.25, 0.3) is 0 Å². The van der Waals surface area contributed by atoms with Crippen LogP contribution in [0.15, 0.2) is 42.5 Å². The largest absolute Gasteiger partial charge is 0.445 e. The number of alkyl halides is 3. The fourth-order valence-corrected chi connectivity index (χ4v) is 3.77. The number of fused-ring (bicyclic) bond motifs is 1. The Labute approximate surface area is 178 Å². The van der Waals surface area contributed by atoms with Crippen molar-refractivity contribution in [2.24, 2.45) is 5.73 Å². The average Bonchev–Trinajstić information content (AvgIpc) is 3.12. The van der Waals surface area contributed by atoms with E-state index >= 15 is 0 Å². The molecule has 1 aliphatic rings. The van der Waals surface area contributed by atoms with Crippen molar-refractivity contribution in [3.63, 3.8) is 0 Å². The van der Waals surface area contributed by atoms with Gasteiger partial charge in [0.05, 0.1) is 11.6 Å². The number of nitrogens with zero attached hydrogens (tertiary/aromatic N) is 1. The number of ether oxygens (including phenoxy) is 1. The lowest BCUT2D eigenvalue weighted by Gasteiger charge is -2.25. The summed E-state index contributed by atoms with van der Waals surface area (Å²) >= 11 is 0. The van der Waals surface area contributed by atoms with Crippen molar-refractivity contribution in [3.8, 4) is 0 Å². The topological polar surface area (TPSA) is 72.6 Å². The lowest BCUT2D eigenvalue weighted by molar-refractivity contribution is -0.137. The van der Waals surface area contributed by atoms with E-state index in [1.807, 2.05) is 18.2 Å². The van der Waals surface area contributed by atoms with Crippen LogP contribution in [-0.4, -0.2) is 23.9 Å². The summed E-state index contributed by atoms with van der Waals surface area (Å²) in [6.07, 6.45) is -0.731. The predicted molar refractivity (Wildman–Crippen MR) is 110 cm³/mol. The van der Waals surface area contributed by atoms with Crippen LogP contribution < -0.4 is 5.73 Å². The molecule has 1 unspecified atom stereocenters. The molecule has 5 nitrogen and oxygen atoms in total. The number of carbonyl (C=O) groups is 2. The molecule has 31 heavy (non-hydrogen) atoms. The number of hydrogen-bond acceptors (Lipinski definition) is 3. The average molecular weight is 432 g/mol. The van der Waals surface area contributed by atoms with Gasteiger partial charge in [-0.15, -0.1) is 0 Å². The Hall–Kier alpha value is -3.29. The molecule has 0 saturated carbocycles. The summed E-state index contributed by atoms with van der Waals surface area (Å²) in [6.45, 7) is 1.31. The molecule has 0 saturated heterocycles. The monoisotopic (exact) mass is 432 g/mol. The van der Waals surface area contributed by atoms with Crippen molar-refractivity contribution in [2.45, 2.75) is 38.6 Å². The second-order valence-electron chi connectivity index (χ2n) is 7.62. The number of rotatable bonds is 5. The Bertz CT molecular complexity index is 1030. The highest BCUT2D eigenvalue weighted by Crippen LogP contribution is 2.36. The summed E-state index contributed by atoms with van der Waals surface area (Å²) in [6, 6.07) is 9.08. The van der Waals surface area contributed by atoms with Crippen molar-refractivity contribution in [2.75, 3.05) is 7.05 Å². The van der Waals surface area contributed by atoms with Crippen LogP contribution in [0.5, 0.6) is 0 Å². The summed E-state index contributed by atoms with van der Waals surface area (Å²) in [4.78, 5) is 25.0. The third kappa shape index (κ3) is 5.45. The maximum Gasteiger partial charge on any atom is 0.416 e. The molecule has 1 atom stereocenters. The smallest absolute Gasteiger partial charge is 0.416 e. The van der Waals surface area contributed by atoms with Crippen LogP contribution in [0, 0.1) is 6.92 Å². The molecule has 1 aliphatic carbocycles. The minimum atomic E-state index is -4.46. The van der Waals surface area contributed by atoms with Crippen LogP contribution in [0.1, 0.15) is 45.8 Å². The molecule has 3 rings (SSSR count). The first-order chi connectivity index (χ1) is 14.5. The van der Waals surface area contributed by atoms with Gasteiger partial charge >= 0.3 is 12.3 Å². The summed E-state index contributed by atoms with van der Waals surface area (Å²) in [5.74, 6) is -0.553. The quantitative estimate of drug-likeness (QED) is 0.692. The van der Waals surface area contributed by atoms with E-state index in [0.717, 1.165) is 35.2 Å². The molecule has 0 spiro atoms. The Morgan fingerprint density at radius 1 is 1.23 bits per heavy atom. The molecule has 0 fully saturated rings. The Balaban J connectivity index is 1.70. The number of nitrogens with two attached hydrogens (primary N) is 1. The molecule has 2 aromatic carbocycles. The van der Waals surface area contributed by atoms with E-state index < -0.39 is 23.7 Å². The second-order valence-corrected chi connectivity index (χ2v) is 7.62. The summed E-state index contributed by atoms with van der Waals surface area (Å²) in [7, 11) is 1.60. The highest BCUT2D eigenvalue weighted by atomic mass is 19.4. The van der Waals surface area contributed by atoms with Gasteiger partial charge in [-0.05, 0) is 66.3 Å². The standard InChI is InChI=1S/C23H23F3N2O3/c1-14-9-16(11-18(10-14)23(24,25)26)13-31-22(30)28(2)20-7-6-17-5-3-15(12-19(17)20)4-8-21(27)29/h3-5,8-12,20H,6-7,13H2,1-2H3,(H2,27,29)/b8-4+. The van der Waals surface area contributed by atoms with Gasteiger partial charge in [-0.25, -0.2) is 4.79 Å². The zero-order chi connectivity index (χ0) is 22.8. The third-order valence-electron chi connectivity index (χ3n) is 5.24. The minimum absolute atomic E-state index is 0.229. The van der Waals surface area contributed by atoms with E-state index in [9.17, 15) is 22.8 Å². The van der Waals surface area contributed by atoms with Crippen molar-refractivity contribution >= 4 is 18.1 Å². The van der Waals surface area contributed by atoms with E-state index in [4.69, 9.17) is 10.5 Å². The number of primary amides is 1. The lowest BCUT2D eigenvalue weighted by Crippen LogP contribution is -2.30. The minimum Gasteiger partial charge on any atom is -0.445 e. The fraction of sp³-hybridized carbons (Fsp3) is 0.304. The van der Waals surface area contributed by atoms with Gasteiger partial charge in [0.15, 0.2) is 0 Å². The molecule has 0 heterocycles. The van der Waals surface area contributed by atoms with Crippen LogP contribution in [0.3, 0.4) is 0 Å². The van der Waals surface area contributed by atoms with Crippen LogP contribution in [0.25, 0.3) is 6.08 Å². The van der Waals surface area contributed by atoms with E-state index in [1.165, 1.54) is 11.0 Å². The molecule has 0 bridgehead atoms. The second kappa shape index (κ2) is 8.83. The van der Waals surface area contributed by atoms with Gasteiger partial charge in [-0.2, -0.15) is 13.2 Å². The van der Waals surface area contributed by atoms with E-state index in [2.05, 4.69) is 0 Å². The molecule has 0 aliphatic heterocycles. The molecular formula is C23H23F3N2O3. The Morgan fingerprint density at radius 2 is 1.97 bits per heavy atom. The maximum absolute atomic E-state index is 13.0. The molecule has 8 heteroatoms. The number of halogens is 3. The van der Waals surface area contributed by atoms with Gasteiger partial charge in [0.1, 0.15) is 6.61 Å². The van der Waals surface area contributed by atoms with E-state index in [1.54, 1.807) is 26.1 Å². The van der Waals surface area contributed by atoms with Gasteiger partial charge in [0, 0.05) is 13.1 Å². The van der Waals surface area contributed by atoms with Crippen LogP contribution in [0.4, 0.5) is 18.0 Å². The van der Waals surface area contributed by atoms with E-state index in [-0.39, 0.29) is 18.2 Å². The number of benzene rings is 2. The predicted octanol–water partition coefficient (Wildman–Crippen LogP) is 4.77. The maximum atomic E-state index is 13.0. The van der Waals surface area contributed by atoms with Gasteiger partial charge < -0.3 is 15.4 Å². The molecule has 0 aromatic heterocycles. The molecule has 0 radical (unpaired) electrons. The van der Waals surface area contributed by atoms with Crippen molar-refractivity contribution in [1.29, 1.82) is 0 Å². The van der Waals surface area contributed by atoms with Crippen molar-refractivity contribution < 1.29 is 27.5 Å². The molecule has 164 valence electrons. The molecule has 2 amide bonds. The zero-order valence-electron chi connectivity index (χ0n) is 17.2. The summed E-state index contributed by atoms with van der Waals surface area (Å²) in [5, 5.41) is 0. The first-order valence-corrected chi connectivity index (χ1v) is 9.72. The normalized spacial score (nSPS) is 15.7. The number of hydrogen-bond donors (Lipinski definition) is 1. The van der Waals surface area contributed by atoms with Crippen LogP contribution >= 0.6 is 0 Å². The highest BCUT2D eigenvalue weighted by Gasteiger charge is 2.32. The van der Waals surface area contributed by atoms with Gasteiger partial charge in [-0.3, -0.25) is 4.79 Å². The Kier molecular flexibility index (Phi) is 6.38. The van der Waals surface area contributed by atoms with Gasteiger partial charge in [-0.1, -0.05) is 23.8 Å². The van der Waals surface area contributed by atoms with Gasteiger partial charge in [0.2, 0.25) is 5.91 Å². The van der Waals surface area contributed by atoms with Crippen molar-refractivity contribution in [1.82, 2.24) is 4.90 Å². The SMILES string of the molecule is Cc1cc(COC(=O)N(C)C2CCc3ccc(/C=C/C(N)=O)cc32)cc(C(F)(F)F)c1. The molecule has 2 aromatic rings. The first-order valence-electron chi connectivity index (χ1n) is 9.72. The molecule has 2 N–H and O–H groups in total. The first kappa shape index (κ1) is 22.4. The summed E-state index contributed by atoms with van der Waals surface area (Å²) in [5.41, 5.74) is 7.90. The third-order valence-corrected chi connectivity index (χ3v) is 5.24.